The van der Waals surface area contributed by atoms with E-state index in [1.54, 1.807) is 0 Å². The zero-order valence-corrected chi connectivity index (χ0v) is 13.5. The molecule has 0 spiro atoms. The van der Waals surface area contributed by atoms with E-state index in [2.05, 4.69) is 36.5 Å². The predicted octanol–water partition coefficient (Wildman–Crippen LogP) is 4.49. The molecule has 0 radical (unpaired) electrons. The minimum atomic E-state index is 0.183. The lowest BCUT2D eigenvalue weighted by atomic mass is 9.57. The van der Waals surface area contributed by atoms with Crippen LogP contribution in [0.25, 0.3) is 0 Å². The van der Waals surface area contributed by atoms with Crippen molar-refractivity contribution in [2.24, 2.45) is 11.1 Å². The van der Waals surface area contributed by atoms with Crippen LogP contribution in [0.5, 0.6) is 0 Å². The number of aryl methyl sites for hydroxylation is 1. The van der Waals surface area contributed by atoms with E-state index >= 15 is 0 Å². The zero-order valence-electron chi connectivity index (χ0n) is 13.5. The van der Waals surface area contributed by atoms with Crippen LogP contribution >= 0.6 is 0 Å². The van der Waals surface area contributed by atoms with Crippen LogP contribution in [0.2, 0.25) is 0 Å². The van der Waals surface area contributed by atoms with Crippen LogP contribution in [0.15, 0.2) is 24.3 Å². The fourth-order valence-corrected chi connectivity index (χ4v) is 4.02. The van der Waals surface area contributed by atoms with E-state index < -0.39 is 0 Å². The maximum Gasteiger partial charge on any atom is 0.0340 e. The Morgan fingerprint density at radius 1 is 1.00 bits per heavy atom. The van der Waals surface area contributed by atoms with E-state index in [0.29, 0.717) is 5.41 Å². The van der Waals surface area contributed by atoms with Crippen molar-refractivity contribution in [2.45, 2.75) is 70.3 Å². The normalized spacial score (nSPS) is 31.3. The molecule has 1 aromatic rings. The highest BCUT2D eigenvalue weighted by atomic mass is 14.9. The first-order chi connectivity index (χ1) is 10.1. The number of hydrogen-bond donors (Lipinski definition) is 2. The first kappa shape index (κ1) is 14.9. The smallest absolute Gasteiger partial charge is 0.0340 e. The fraction of sp³-hybridized carbons (Fsp3) is 0.684. The van der Waals surface area contributed by atoms with Gasteiger partial charge in [-0.05, 0) is 74.5 Å². The first-order valence-electron chi connectivity index (χ1n) is 8.75. The zero-order chi connectivity index (χ0) is 14.8. The van der Waals surface area contributed by atoms with Crippen LogP contribution < -0.4 is 11.1 Å². The Hall–Kier alpha value is -1.02. The molecule has 0 aliphatic heterocycles. The molecular formula is C19H30N2. The Kier molecular flexibility index (Phi) is 4.26. The molecule has 2 heteroatoms. The highest BCUT2D eigenvalue weighted by Gasteiger charge is 2.46. The highest BCUT2D eigenvalue weighted by molar-refractivity contribution is 5.45. The number of unbranched alkanes of at least 4 members (excludes halogenated alkanes) is 1. The molecular weight excluding hydrogens is 256 g/mol. The molecule has 116 valence electrons. The van der Waals surface area contributed by atoms with E-state index in [4.69, 9.17) is 5.73 Å². The molecule has 0 unspecified atom stereocenters. The highest BCUT2D eigenvalue weighted by Crippen LogP contribution is 2.51. The molecule has 2 nitrogen and oxygen atoms in total. The van der Waals surface area contributed by atoms with Gasteiger partial charge in [0.05, 0.1) is 0 Å². The van der Waals surface area contributed by atoms with Gasteiger partial charge in [0, 0.05) is 17.8 Å². The monoisotopic (exact) mass is 286 g/mol. The van der Waals surface area contributed by atoms with Gasteiger partial charge in [0.1, 0.15) is 0 Å². The second-order valence-corrected chi connectivity index (χ2v) is 7.52. The van der Waals surface area contributed by atoms with Crippen molar-refractivity contribution in [3.05, 3.63) is 29.8 Å². The molecule has 0 saturated heterocycles. The summed E-state index contributed by atoms with van der Waals surface area (Å²) >= 11 is 0. The van der Waals surface area contributed by atoms with Gasteiger partial charge in [-0.15, -0.1) is 0 Å². The van der Waals surface area contributed by atoms with Gasteiger partial charge in [0.25, 0.3) is 0 Å². The van der Waals surface area contributed by atoms with Crippen molar-refractivity contribution in [2.75, 3.05) is 11.9 Å². The first-order valence-corrected chi connectivity index (χ1v) is 8.75. The average molecular weight is 286 g/mol. The molecule has 3 fully saturated rings. The van der Waals surface area contributed by atoms with Crippen molar-refractivity contribution in [3.63, 3.8) is 0 Å². The van der Waals surface area contributed by atoms with Gasteiger partial charge < -0.3 is 11.1 Å². The second-order valence-electron chi connectivity index (χ2n) is 7.52. The van der Waals surface area contributed by atoms with Crippen LogP contribution in [0.3, 0.4) is 0 Å². The average Bonchev–Trinajstić information content (AvgIpc) is 2.53. The molecule has 0 amide bonds. The molecule has 2 bridgehead atoms. The Balaban J connectivity index is 1.53. The van der Waals surface area contributed by atoms with Gasteiger partial charge in [-0.1, -0.05) is 25.5 Å². The molecule has 0 atom stereocenters. The number of benzene rings is 1. The number of nitrogens with two attached hydrogens (primary N) is 1. The van der Waals surface area contributed by atoms with Gasteiger partial charge in [-0.25, -0.2) is 0 Å². The van der Waals surface area contributed by atoms with Crippen molar-refractivity contribution < 1.29 is 0 Å². The van der Waals surface area contributed by atoms with Crippen molar-refractivity contribution in [1.82, 2.24) is 0 Å². The van der Waals surface area contributed by atoms with Crippen LogP contribution in [0.1, 0.15) is 63.9 Å². The number of nitrogens with one attached hydrogen (secondary N) is 1. The van der Waals surface area contributed by atoms with Crippen LogP contribution in [-0.2, 0) is 6.42 Å². The van der Waals surface area contributed by atoms with Gasteiger partial charge in [0.15, 0.2) is 0 Å². The largest absolute Gasteiger partial charge is 0.384 e. The van der Waals surface area contributed by atoms with Crippen LogP contribution in [0.4, 0.5) is 5.69 Å². The maximum absolute atomic E-state index is 6.40. The molecule has 0 heterocycles. The van der Waals surface area contributed by atoms with Gasteiger partial charge in [-0.3, -0.25) is 0 Å². The maximum atomic E-state index is 6.40. The Morgan fingerprint density at radius 2 is 1.62 bits per heavy atom. The lowest BCUT2D eigenvalue weighted by Gasteiger charge is -2.52. The van der Waals surface area contributed by atoms with E-state index in [0.717, 1.165) is 6.54 Å². The van der Waals surface area contributed by atoms with E-state index in [9.17, 15) is 0 Å². The minimum Gasteiger partial charge on any atom is -0.384 e. The number of rotatable bonds is 6. The third-order valence-corrected chi connectivity index (χ3v) is 5.90. The van der Waals surface area contributed by atoms with Gasteiger partial charge >= 0.3 is 0 Å². The molecule has 3 N–H and O–H groups in total. The van der Waals surface area contributed by atoms with Crippen molar-refractivity contribution in [1.29, 1.82) is 0 Å². The topological polar surface area (TPSA) is 38.0 Å². The fourth-order valence-electron chi connectivity index (χ4n) is 4.02. The lowest BCUT2D eigenvalue weighted by molar-refractivity contribution is 0.0556. The molecule has 21 heavy (non-hydrogen) atoms. The summed E-state index contributed by atoms with van der Waals surface area (Å²) < 4.78 is 0. The predicted molar refractivity (Wildman–Crippen MR) is 90.6 cm³/mol. The molecule has 3 saturated carbocycles. The standard InChI is InChI=1S/C19H30N2/c1-2-3-4-16-5-7-17(8-6-16)21-15-18-9-12-19(20,13-10-18)14-11-18/h5-8,21H,2-4,9-15,20H2,1H3. The summed E-state index contributed by atoms with van der Waals surface area (Å²) in [5, 5.41) is 3.69. The summed E-state index contributed by atoms with van der Waals surface area (Å²) in [7, 11) is 0. The second kappa shape index (κ2) is 6.00. The lowest BCUT2D eigenvalue weighted by Crippen LogP contribution is -2.53. The minimum absolute atomic E-state index is 0.183. The van der Waals surface area contributed by atoms with Gasteiger partial charge in [0.2, 0.25) is 0 Å². The number of anilines is 1. The van der Waals surface area contributed by atoms with Gasteiger partial charge in [-0.2, -0.15) is 0 Å². The Labute approximate surface area is 129 Å². The Morgan fingerprint density at radius 3 is 2.19 bits per heavy atom. The van der Waals surface area contributed by atoms with Crippen LogP contribution in [0, 0.1) is 5.41 Å². The quantitative estimate of drug-likeness (QED) is 0.808. The Bertz CT molecular complexity index is 438. The molecule has 3 aliphatic carbocycles. The summed E-state index contributed by atoms with van der Waals surface area (Å²) in [4.78, 5) is 0. The van der Waals surface area contributed by atoms with Crippen molar-refractivity contribution in [3.8, 4) is 0 Å². The van der Waals surface area contributed by atoms with E-state index in [1.807, 2.05) is 0 Å². The summed E-state index contributed by atoms with van der Waals surface area (Å²) in [6.45, 7) is 3.37. The summed E-state index contributed by atoms with van der Waals surface area (Å²) in [5.41, 5.74) is 9.84. The van der Waals surface area contributed by atoms with E-state index in [-0.39, 0.29) is 5.54 Å². The summed E-state index contributed by atoms with van der Waals surface area (Å²) in [6.07, 6.45) is 11.4. The van der Waals surface area contributed by atoms with Crippen LogP contribution in [-0.4, -0.2) is 12.1 Å². The van der Waals surface area contributed by atoms with Crippen molar-refractivity contribution >= 4 is 5.69 Å². The SMILES string of the molecule is CCCCc1ccc(NCC23CCC(N)(CC2)CC3)cc1. The molecule has 0 aromatic heterocycles. The third-order valence-electron chi connectivity index (χ3n) is 5.90. The number of fused-ring (bicyclic) bond motifs is 3. The number of hydrogen-bond acceptors (Lipinski definition) is 2. The molecule has 1 aromatic carbocycles. The molecule has 4 rings (SSSR count). The summed E-state index contributed by atoms with van der Waals surface area (Å²) in [6, 6.07) is 9.06. The summed E-state index contributed by atoms with van der Waals surface area (Å²) in [5.74, 6) is 0. The third kappa shape index (κ3) is 3.42. The molecule has 3 aliphatic rings. The van der Waals surface area contributed by atoms with E-state index in [1.165, 1.54) is 69.0 Å².